The molecule has 0 aliphatic carbocycles. The normalized spacial score (nSPS) is 12.9. The maximum absolute atomic E-state index is 12.2. The molecule has 7 nitrogen and oxygen atoms in total. The van der Waals surface area contributed by atoms with E-state index in [-0.39, 0.29) is 22.8 Å². The molecule has 0 saturated carbocycles. The predicted octanol–water partition coefficient (Wildman–Crippen LogP) is 0.443. The van der Waals surface area contributed by atoms with Gasteiger partial charge in [0.05, 0.1) is 19.3 Å². The van der Waals surface area contributed by atoms with Gasteiger partial charge < -0.3 is 14.9 Å². The van der Waals surface area contributed by atoms with E-state index in [1.54, 1.807) is 6.92 Å². The van der Waals surface area contributed by atoms with Gasteiger partial charge in [-0.25, -0.2) is 17.9 Å². The van der Waals surface area contributed by atoms with Crippen LogP contribution in [0, 0.1) is 0 Å². The van der Waals surface area contributed by atoms with Gasteiger partial charge in [-0.1, -0.05) is 6.92 Å². The van der Waals surface area contributed by atoms with Crippen molar-refractivity contribution in [3.8, 4) is 5.75 Å². The van der Waals surface area contributed by atoms with Crippen LogP contribution in [-0.2, 0) is 10.0 Å². The van der Waals surface area contributed by atoms with Crippen LogP contribution in [0.3, 0.4) is 0 Å². The summed E-state index contributed by atoms with van der Waals surface area (Å²) in [6, 6.07) is 2.87. The van der Waals surface area contributed by atoms with Crippen molar-refractivity contribution in [1.82, 2.24) is 4.72 Å². The lowest BCUT2D eigenvalue weighted by Gasteiger charge is -2.16. The van der Waals surface area contributed by atoms with Crippen molar-refractivity contribution in [2.24, 2.45) is 0 Å². The zero-order valence-corrected chi connectivity index (χ0v) is 12.0. The Kier molecular flexibility index (Phi) is 5.49. The monoisotopic (exact) mass is 303 g/mol. The molecule has 0 fully saturated rings. The van der Waals surface area contributed by atoms with Gasteiger partial charge in [-0.05, 0) is 24.6 Å². The van der Waals surface area contributed by atoms with Crippen molar-refractivity contribution < 1.29 is 28.2 Å². The van der Waals surface area contributed by atoms with Gasteiger partial charge in [0.1, 0.15) is 10.6 Å². The highest BCUT2D eigenvalue weighted by atomic mass is 32.2. The number of methoxy groups -OCH3 is 1. The number of hydrogen-bond donors (Lipinski definition) is 3. The fraction of sp³-hybridized carbons (Fsp3) is 0.417. The third-order valence-corrected chi connectivity index (χ3v) is 4.30. The van der Waals surface area contributed by atoms with Crippen molar-refractivity contribution in [3.63, 3.8) is 0 Å². The van der Waals surface area contributed by atoms with E-state index in [0.717, 1.165) is 12.1 Å². The summed E-state index contributed by atoms with van der Waals surface area (Å²) in [6.07, 6.45) is 0.422. The summed E-state index contributed by atoms with van der Waals surface area (Å²) in [5.74, 6) is -1.24. The lowest BCUT2D eigenvalue weighted by molar-refractivity contribution is 0.0696. The van der Waals surface area contributed by atoms with E-state index in [4.69, 9.17) is 14.9 Å². The summed E-state index contributed by atoms with van der Waals surface area (Å²) in [7, 11) is -2.64. The van der Waals surface area contributed by atoms with E-state index in [2.05, 4.69) is 4.72 Å². The standard InChI is InChI=1S/C12H17NO6S/c1-3-9(7-14)13-20(17,18)11-5-4-8(12(15)16)6-10(11)19-2/h4-6,9,13-14H,3,7H2,1-2H3,(H,15,16)/t9-/m0/s1. The highest BCUT2D eigenvalue weighted by molar-refractivity contribution is 7.89. The van der Waals surface area contributed by atoms with E-state index >= 15 is 0 Å². The second-order valence-electron chi connectivity index (χ2n) is 4.08. The minimum Gasteiger partial charge on any atom is -0.495 e. The summed E-state index contributed by atoms with van der Waals surface area (Å²) in [4.78, 5) is 10.7. The summed E-state index contributed by atoms with van der Waals surface area (Å²) < 4.78 is 31.6. The molecule has 0 amide bonds. The molecule has 1 aromatic carbocycles. The predicted molar refractivity (Wildman–Crippen MR) is 71.4 cm³/mol. The van der Waals surface area contributed by atoms with Crippen LogP contribution in [0.5, 0.6) is 5.75 Å². The molecule has 0 saturated heterocycles. The number of aromatic carboxylic acids is 1. The second kappa shape index (κ2) is 6.69. The Hall–Kier alpha value is -1.64. The van der Waals surface area contributed by atoms with Gasteiger partial charge in [0.25, 0.3) is 0 Å². The van der Waals surface area contributed by atoms with E-state index in [0.29, 0.717) is 6.42 Å². The lowest BCUT2D eigenvalue weighted by atomic mass is 10.2. The zero-order chi connectivity index (χ0) is 15.3. The topological polar surface area (TPSA) is 113 Å². The number of carboxylic acid groups (broad SMARTS) is 1. The number of hydrogen-bond acceptors (Lipinski definition) is 5. The Labute approximate surface area is 117 Å². The molecule has 1 aromatic rings. The van der Waals surface area contributed by atoms with Crippen molar-refractivity contribution >= 4 is 16.0 Å². The number of aliphatic hydroxyl groups is 1. The largest absolute Gasteiger partial charge is 0.495 e. The maximum atomic E-state index is 12.2. The van der Waals surface area contributed by atoms with Crippen molar-refractivity contribution in [2.45, 2.75) is 24.3 Å². The first-order valence-electron chi connectivity index (χ1n) is 5.90. The third-order valence-electron chi connectivity index (χ3n) is 2.74. The molecule has 0 heterocycles. The van der Waals surface area contributed by atoms with Gasteiger partial charge in [0.2, 0.25) is 10.0 Å². The van der Waals surface area contributed by atoms with Crippen molar-refractivity contribution in [1.29, 1.82) is 0 Å². The van der Waals surface area contributed by atoms with Crippen LogP contribution < -0.4 is 9.46 Å². The van der Waals surface area contributed by atoms with Gasteiger partial charge in [-0.15, -0.1) is 0 Å². The van der Waals surface area contributed by atoms with Crippen LogP contribution in [0.25, 0.3) is 0 Å². The summed E-state index contributed by atoms with van der Waals surface area (Å²) in [5.41, 5.74) is -0.0741. The van der Waals surface area contributed by atoms with E-state index in [1.165, 1.54) is 13.2 Å². The molecule has 20 heavy (non-hydrogen) atoms. The Balaban J connectivity index is 3.21. The summed E-state index contributed by atoms with van der Waals surface area (Å²) in [6.45, 7) is 1.40. The second-order valence-corrected chi connectivity index (χ2v) is 5.76. The summed E-state index contributed by atoms with van der Waals surface area (Å²) >= 11 is 0. The first-order chi connectivity index (χ1) is 9.35. The highest BCUT2D eigenvalue weighted by Crippen LogP contribution is 2.25. The fourth-order valence-electron chi connectivity index (χ4n) is 1.56. The number of benzene rings is 1. The number of carbonyl (C=O) groups is 1. The molecule has 0 aromatic heterocycles. The Morgan fingerprint density at radius 2 is 2.10 bits per heavy atom. The van der Waals surface area contributed by atoms with Gasteiger partial charge >= 0.3 is 5.97 Å². The molecule has 0 radical (unpaired) electrons. The number of aliphatic hydroxyl groups excluding tert-OH is 1. The van der Waals surface area contributed by atoms with Gasteiger partial charge in [-0.2, -0.15) is 0 Å². The molecule has 0 aliphatic rings. The molecular weight excluding hydrogens is 286 g/mol. The Morgan fingerprint density at radius 1 is 1.45 bits per heavy atom. The maximum Gasteiger partial charge on any atom is 0.335 e. The number of nitrogens with one attached hydrogen (secondary N) is 1. The van der Waals surface area contributed by atoms with Crippen LogP contribution in [0.15, 0.2) is 23.1 Å². The molecule has 8 heteroatoms. The molecule has 1 atom stereocenters. The van der Waals surface area contributed by atoms with Gasteiger partial charge in [-0.3, -0.25) is 0 Å². The van der Waals surface area contributed by atoms with Crippen LogP contribution in [0.1, 0.15) is 23.7 Å². The SMILES string of the molecule is CC[C@@H](CO)NS(=O)(=O)c1ccc(C(=O)O)cc1OC. The zero-order valence-electron chi connectivity index (χ0n) is 11.2. The molecule has 1 rings (SSSR count). The molecule has 112 valence electrons. The quantitative estimate of drug-likeness (QED) is 0.674. The number of carboxylic acids is 1. The minimum absolute atomic E-state index is 0.0646. The molecular formula is C12H17NO6S. The van der Waals surface area contributed by atoms with E-state index < -0.39 is 22.0 Å². The number of ether oxygens (including phenoxy) is 1. The Morgan fingerprint density at radius 3 is 2.55 bits per heavy atom. The molecule has 3 N–H and O–H groups in total. The average Bonchev–Trinajstić information content (AvgIpc) is 2.43. The van der Waals surface area contributed by atoms with Crippen LogP contribution in [0.2, 0.25) is 0 Å². The van der Waals surface area contributed by atoms with Gasteiger partial charge in [0.15, 0.2) is 0 Å². The Bertz CT molecular complexity index is 580. The first-order valence-corrected chi connectivity index (χ1v) is 7.38. The third kappa shape index (κ3) is 3.69. The number of sulfonamides is 1. The van der Waals surface area contributed by atoms with Gasteiger partial charge in [0, 0.05) is 6.04 Å². The molecule has 0 aliphatic heterocycles. The molecule has 0 spiro atoms. The van der Waals surface area contributed by atoms with E-state index in [1.807, 2.05) is 0 Å². The van der Waals surface area contributed by atoms with E-state index in [9.17, 15) is 13.2 Å². The minimum atomic E-state index is -3.90. The number of rotatable bonds is 7. The van der Waals surface area contributed by atoms with Crippen molar-refractivity contribution in [3.05, 3.63) is 23.8 Å². The highest BCUT2D eigenvalue weighted by Gasteiger charge is 2.23. The first kappa shape index (κ1) is 16.4. The lowest BCUT2D eigenvalue weighted by Crippen LogP contribution is -2.37. The molecule has 0 bridgehead atoms. The van der Waals surface area contributed by atoms with Crippen LogP contribution in [-0.4, -0.2) is 44.4 Å². The fourth-order valence-corrected chi connectivity index (χ4v) is 3.02. The van der Waals surface area contributed by atoms with Crippen molar-refractivity contribution in [2.75, 3.05) is 13.7 Å². The van der Waals surface area contributed by atoms with Crippen LogP contribution in [0.4, 0.5) is 0 Å². The summed E-state index contributed by atoms with van der Waals surface area (Å²) in [5, 5.41) is 17.9. The average molecular weight is 303 g/mol. The molecule has 0 unspecified atom stereocenters. The smallest absolute Gasteiger partial charge is 0.335 e. The van der Waals surface area contributed by atoms with Crippen LogP contribution >= 0.6 is 0 Å².